The SMILES string of the molecule is CCOc1cccc(C(=O)N2CCN(S(=O)(=O)c3ccc(C)c(C)c3)CC2)c1. The minimum absolute atomic E-state index is 0.107. The van der Waals surface area contributed by atoms with E-state index in [-0.39, 0.29) is 19.0 Å². The van der Waals surface area contributed by atoms with Gasteiger partial charge in [-0.3, -0.25) is 4.79 Å². The van der Waals surface area contributed by atoms with Gasteiger partial charge in [0.25, 0.3) is 5.91 Å². The van der Waals surface area contributed by atoms with Gasteiger partial charge in [-0.05, 0) is 62.2 Å². The molecule has 1 aliphatic rings. The van der Waals surface area contributed by atoms with Crippen molar-refractivity contribution < 1.29 is 17.9 Å². The van der Waals surface area contributed by atoms with Crippen LogP contribution < -0.4 is 4.74 Å². The van der Waals surface area contributed by atoms with E-state index in [9.17, 15) is 13.2 Å². The second-order valence-corrected chi connectivity index (χ2v) is 8.84. The van der Waals surface area contributed by atoms with E-state index in [0.29, 0.717) is 35.9 Å². The molecule has 150 valence electrons. The summed E-state index contributed by atoms with van der Waals surface area (Å²) in [7, 11) is -3.55. The molecule has 1 fully saturated rings. The molecule has 1 aliphatic heterocycles. The Hall–Kier alpha value is -2.38. The largest absolute Gasteiger partial charge is 0.494 e. The number of piperazine rings is 1. The highest BCUT2D eigenvalue weighted by molar-refractivity contribution is 7.89. The monoisotopic (exact) mass is 402 g/mol. The molecule has 0 N–H and O–H groups in total. The summed E-state index contributed by atoms with van der Waals surface area (Å²) in [5, 5.41) is 0. The normalized spacial score (nSPS) is 15.5. The van der Waals surface area contributed by atoms with Crippen molar-refractivity contribution in [3.05, 3.63) is 59.2 Å². The summed E-state index contributed by atoms with van der Waals surface area (Å²) >= 11 is 0. The van der Waals surface area contributed by atoms with Crippen LogP contribution in [-0.4, -0.2) is 56.3 Å². The molecular formula is C21H26N2O4S. The van der Waals surface area contributed by atoms with Gasteiger partial charge in [-0.1, -0.05) is 12.1 Å². The molecular weight excluding hydrogens is 376 g/mol. The molecule has 0 aliphatic carbocycles. The third-order valence-electron chi connectivity index (χ3n) is 5.03. The van der Waals surface area contributed by atoms with Crippen LogP contribution in [-0.2, 0) is 10.0 Å². The fourth-order valence-corrected chi connectivity index (χ4v) is 4.73. The summed E-state index contributed by atoms with van der Waals surface area (Å²) in [5.41, 5.74) is 2.56. The molecule has 2 aromatic carbocycles. The van der Waals surface area contributed by atoms with Gasteiger partial charge in [-0.2, -0.15) is 4.31 Å². The van der Waals surface area contributed by atoms with Gasteiger partial charge in [-0.15, -0.1) is 0 Å². The zero-order chi connectivity index (χ0) is 20.3. The van der Waals surface area contributed by atoms with E-state index in [4.69, 9.17) is 4.74 Å². The number of nitrogens with zero attached hydrogens (tertiary/aromatic N) is 2. The Labute approximate surface area is 166 Å². The molecule has 0 spiro atoms. The van der Waals surface area contributed by atoms with Crippen LogP contribution in [0.5, 0.6) is 5.75 Å². The van der Waals surface area contributed by atoms with E-state index < -0.39 is 10.0 Å². The van der Waals surface area contributed by atoms with Crippen molar-refractivity contribution >= 4 is 15.9 Å². The number of amides is 1. The van der Waals surface area contributed by atoms with Gasteiger partial charge in [0.05, 0.1) is 11.5 Å². The number of rotatable bonds is 5. The van der Waals surface area contributed by atoms with Gasteiger partial charge < -0.3 is 9.64 Å². The van der Waals surface area contributed by atoms with Gasteiger partial charge in [0.15, 0.2) is 0 Å². The number of ether oxygens (including phenoxy) is 1. The Balaban J connectivity index is 1.69. The summed E-state index contributed by atoms with van der Waals surface area (Å²) in [4.78, 5) is 14.8. The van der Waals surface area contributed by atoms with E-state index in [0.717, 1.165) is 11.1 Å². The Morgan fingerprint density at radius 3 is 2.36 bits per heavy atom. The lowest BCUT2D eigenvalue weighted by molar-refractivity contribution is 0.0697. The molecule has 28 heavy (non-hydrogen) atoms. The smallest absolute Gasteiger partial charge is 0.254 e. The highest BCUT2D eigenvalue weighted by atomic mass is 32.2. The highest BCUT2D eigenvalue weighted by Gasteiger charge is 2.30. The summed E-state index contributed by atoms with van der Waals surface area (Å²) in [6, 6.07) is 12.3. The van der Waals surface area contributed by atoms with Crippen LogP contribution in [0.15, 0.2) is 47.4 Å². The fraction of sp³-hybridized carbons (Fsp3) is 0.381. The summed E-state index contributed by atoms with van der Waals surface area (Å²) < 4.78 is 32.7. The van der Waals surface area contributed by atoms with E-state index >= 15 is 0 Å². The summed E-state index contributed by atoms with van der Waals surface area (Å²) in [5.74, 6) is 0.550. The molecule has 7 heteroatoms. The number of carbonyl (C=O) groups is 1. The molecule has 6 nitrogen and oxygen atoms in total. The molecule has 0 radical (unpaired) electrons. The first-order chi connectivity index (χ1) is 13.3. The summed E-state index contributed by atoms with van der Waals surface area (Å²) in [6.07, 6.45) is 0. The molecule has 1 amide bonds. The van der Waals surface area contributed by atoms with Gasteiger partial charge in [0.2, 0.25) is 10.0 Å². The van der Waals surface area contributed by atoms with Crippen LogP contribution in [0, 0.1) is 13.8 Å². The predicted molar refractivity (Wildman–Crippen MR) is 108 cm³/mol. The van der Waals surface area contributed by atoms with Crippen molar-refractivity contribution in [2.45, 2.75) is 25.7 Å². The van der Waals surface area contributed by atoms with E-state index in [2.05, 4.69) is 0 Å². The molecule has 0 unspecified atom stereocenters. The first kappa shape index (κ1) is 20.4. The zero-order valence-corrected chi connectivity index (χ0v) is 17.3. The molecule has 0 bridgehead atoms. The Kier molecular flexibility index (Phi) is 6.05. The third kappa shape index (κ3) is 4.20. The molecule has 3 rings (SSSR count). The van der Waals surface area contributed by atoms with E-state index in [1.807, 2.05) is 32.9 Å². The van der Waals surface area contributed by atoms with Crippen LogP contribution >= 0.6 is 0 Å². The Morgan fingerprint density at radius 1 is 1.00 bits per heavy atom. The number of hydrogen-bond acceptors (Lipinski definition) is 4. The molecule has 1 saturated heterocycles. The predicted octanol–water partition coefficient (Wildman–Crippen LogP) is 2.85. The fourth-order valence-electron chi connectivity index (χ4n) is 3.22. The first-order valence-corrected chi connectivity index (χ1v) is 10.9. The number of benzene rings is 2. The van der Waals surface area contributed by atoms with Crippen LogP contribution in [0.25, 0.3) is 0 Å². The molecule has 2 aromatic rings. The average Bonchev–Trinajstić information content (AvgIpc) is 2.70. The second-order valence-electron chi connectivity index (χ2n) is 6.90. The van der Waals surface area contributed by atoms with Crippen molar-refractivity contribution in [3.63, 3.8) is 0 Å². The number of carbonyl (C=O) groups excluding carboxylic acids is 1. The van der Waals surface area contributed by atoms with Gasteiger partial charge >= 0.3 is 0 Å². The molecule has 0 saturated carbocycles. The third-order valence-corrected chi connectivity index (χ3v) is 6.93. The topological polar surface area (TPSA) is 66.9 Å². The van der Waals surface area contributed by atoms with Gasteiger partial charge in [0, 0.05) is 31.7 Å². The van der Waals surface area contributed by atoms with E-state index in [1.165, 1.54) is 4.31 Å². The molecule has 0 atom stereocenters. The minimum Gasteiger partial charge on any atom is -0.494 e. The number of sulfonamides is 1. The van der Waals surface area contributed by atoms with Crippen LogP contribution in [0.2, 0.25) is 0 Å². The van der Waals surface area contributed by atoms with Crippen molar-refractivity contribution in [1.82, 2.24) is 9.21 Å². The lowest BCUT2D eigenvalue weighted by Crippen LogP contribution is -2.50. The second kappa shape index (κ2) is 8.32. The number of hydrogen-bond donors (Lipinski definition) is 0. The average molecular weight is 403 g/mol. The van der Waals surface area contributed by atoms with Crippen molar-refractivity contribution in [2.24, 2.45) is 0 Å². The highest BCUT2D eigenvalue weighted by Crippen LogP contribution is 2.21. The maximum absolute atomic E-state index is 12.9. The zero-order valence-electron chi connectivity index (χ0n) is 16.5. The Morgan fingerprint density at radius 2 is 1.71 bits per heavy atom. The van der Waals surface area contributed by atoms with Crippen LogP contribution in [0.1, 0.15) is 28.4 Å². The Bertz CT molecular complexity index is 964. The standard InChI is InChI=1S/C21H26N2O4S/c1-4-27-19-7-5-6-18(15-19)21(24)22-10-12-23(13-11-22)28(25,26)20-9-8-16(2)17(3)14-20/h5-9,14-15H,4,10-13H2,1-3H3. The lowest BCUT2D eigenvalue weighted by atomic mass is 10.1. The van der Waals surface area contributed by atoms with Crippen molar-refractivity contribution in [2.75, 3.05) is 32.8 Å². The van der Waals surface area contributed by atoms with Crippen LogP contribution in [0.4, 0.5) is 0 Å². The first-order valence-electron chi connectivity index (χ1n) is 9.42. The number of aryl methyl sites for hydroxylation is 2. The quantitative estimate of drug-likeness (QED) is 0.771. The van der Waals surface area contributed by atoms with Gasteiger partial charge in [-0.25, -0.2) is 8.42 Å². The molecule has 1 heterocycles. The van der Waals surface area contributed by atoms with Crippen molar-refractivity contribution in [1.29, 1.82) is 0 Å². The molecule has 0 aromatic heterocycles. The van der Waals surface area contributed by atoms with Crippen molar-refractivity contribution in [3.8, 4) is 5.75 Å². The summed E-state index contributed by atoms with van der Waals surface area (Å²) in [6.45, 7) is 7.58. The maximum atomic E-state index is 12.9. The van der Waals surface area contributed by atoms with Crippen LogP contribution in [0.3, 0.4) is 0 Å². The lowest BCUT2D eigenvalue weighted by Gasteiger charge is -2.34. The maximum Gasteiger partial charge on any atom is 0.254 e. The van der Waals surface area contributed by atoms with Gasteiger partial charge in [0.1, 0.15) is 5.75 Å². The van der Waals surface area contributed by atoms with E-state index in [1.54, 1.807) is 35.2 Å². The minimum atomic E-state index is -3.55.